The minimum Gasteiger partial charge on any atom is -0.491 e. The first kappa shape index (κ1) is 23.0. The van der Waals surface area contributed by atoms with Gasteiger partial charge >= 0.3 is 0 Å². The van der Waals surface area contributed by atoms with Gasteiger partial charge in [0.1, 0.15) is 30.5 Å². The van der Waals surface area contributed by atoms with Crippen LogP contribution in [0.3, 0.4) is 0 Å². The van der Waals surface area contributed by atoms with Crippen molar-refractivity contribution in [1.82, 2.24) is 0 Å². The zero-order valence-corrected chi connectivity index (χ0v) is 18.5. The molecule has 0 aliphatic carbocycles. The van der Waals surface area contributed by atoms with E-state index in [0.717, 1.165) is 23.6 Å². The van der Waals surface area contributed by atoms with E-state index >= 15 is 0 Å². The summed E-state index contributed by atoms with van der Waals surface area (Å²) in [6.07, 6.45) is 1.07. The molecule has 3 rings (SSSR count). The number of amides is 1. The lowest BCUT2D eigenvalue weighted by Gasteiger charge is -2.15. The van der Waals surface area contributed by atoms with E-state index in [1.165, 1.54) is 0 Å². The Hall–Kier alpha value is -3.67. The zero-order chi connectivity index (χ0) is 22.6. The monoisotopic (exact) mass is 434 g/mol. The van der Waals surface area contributed by atoms with Crippen LogP contribution in [0.15, 0.2) is 78.9 Å². The van der Waals surface area contributed by atoms with Gasteiger partial charge in [0.25, 0.3) is 0 Å². The van der Waals surface area contributed by atoms with Crippen LogP contribution in [0.2, 0.25) is 0 Å². The molecule has 0 fully saturated rings. The fourth-order valence-corrected chi connectivity index (χ4v) is 2.90. The summed E-state index contributed by atoms with van der Waals surface area (Å²) in [5.41, 5.74) is 1.44. The number of rotatable bonds is 12. The molecule has 1 unspecified atom stereocenters. The third kappa shape index (κ3) is 7.54. The second-order valence-corrected chi connectivity index (χ2v) is 7.27. The second kappa shape index (κ2) is 12.2. The zero-order valence-electron chi connectivity index (χ0n) is 18.5. The first-order valence-corrected chi connectivity index (χ1v) is 10.8. The summed E-state index contributed by atoms with van der Waals surface area (Å²) in [7, 11) is 0. The highest BCUT2D eigenvalue weighted by Gasteiger charge is 2.08. The summed E-state index contributed by atoms with van der Waals surface area (Å²) in [6.45, 7) is 5.00. The average molecular weight is 435 g/mol. The van der Waals surface area contributed by atoms with Crippen LogP contribution >= 0.6 is 0 Å². The van der Waals surface area contributed by atoms with Crippen molar-refractivity contribution in [1.29, 1.82) is 0 Å². The maximum absolute atomic E-state index is 12.5. The minimum absolute atomic E-state index is 0.123. The Kier molecular flexibility index (Phi) is 8.80. The molecule has 0 saturated heterocycles. The van der Waals surface area contributed by atoms with Crippen LogP contribution in [0.1, 0.15) is 20.3 Å². The first-order valence-electron chi connectivity index (χ1n) is 10.8. The predicted molar refractivity (Wildman–Crippen MR) is 128 cm³/mol. The topological polar surface area (TPSA) is 68.8 Å². The maximum Gasteiger partial charge on any atom is 0.243 e. The number of anilines is 2. The summed E-state index contributed by atoms with van der Waals surface area (Å²) in [5, 5.41) is 6.03. The highest BCUT2D eigenvalue weighted by Crippen LogP contribution is 2.24. The molecule has 32 heavy (non-hydrogen) atoms. The highest BCUT2D eigenvalue weighted by atomic mass is 16.5. The molecular formula is C26H30N2O4. The molecule has 6 heteroatoms. The maximum atomic E-state index is 12.5. The third-order valence-corrected chi connectivity index (χ3v) is 4.71. The molecule has 0 aromatic heterocycles. The molecule has 0 radical (unpaired) electrons. The minimum atomic E-state index is -0.171. The molecule has 2 N–H and O–H groups in total. The third-order valence-electron chi connectivity index (χ3n) is 4.71. The van der Waals surface area contributed by atoms with Crippen molar-refractivity contribution in [2.75, 3.05) is 30.4 Å². The van der Waals surface area contributed by atoms with Crippen LogP contribution < -0.4 is 24.8 Å². The number of hydrogen-bond donors (Lipinski definition) is 2. The fourth-order valence-electron chi connectivity index (χ4n) is 2.90. The molecule has 0 heterocycles. The molecule has 0 aliphatic heterocycles. The van der Waals surface area contributed by atoms with Gasteiger partial charge in [-0.15, -0.1) is 0 Å². The summed E-state index contributed by atoms with van der Waals surface area (Å²) in [4.78, 5) is 12.5. The number of benzene rings is 3. The Morgan fingerprint density at radius 2 is 1.59 bits per heavy atom. The fraction of sp³-hybridized carbons (Fsp3) is 0.269. The van der Waals surface area contributed by atoms with Crippen LogP contribution in [0, 0.1) is 0 Å². The lowest BCUT2D eigenvalue weighted by Crippen LogP contribution is -2.22. The number of carbonyl (C=O) groups excluding carboxylic acids is 1. The van der Waals surface area contributed by atoms with E-state index < -0.39 is 0 Å². The number of hydrogen-bond acceptors (Lipinski definition) is 5. The predicted octanol–water partition coefficient (Wildman–Crippen LogP) is 5.37. The van der Waals surface area contributed by atoms with Gasteiger partial charge in [0.05, 0.1) is 18.3 Å². The van der Waals surface area contributed by atoms with Gasteiger partial charge in [-0.25, -0.2) is 0 Å². The molecule has 1 atom stereocenters. The van der Waals surface area contributed by atoms with Gasteiger partial charge in [0, 0.05) is 11.8 Å². The van der Waals surface area contributed by atoms with Crippen molar-refractivity contribution in [2.24, 2.45) is 0 Å². The molecule has 0 saturated carbocycles. The van der Waals surface area contributed by atoms with Gasteiger partial charge in [-0.05, 0) is 49.7 Å². The lowest BCUT2D eigenvalue weighted by molar-refractivity contribution is -0.114. The molecule has 6 nitrogen and oxygen atoms in total. The van der Waals surface area contributed by atoms with Gasteiger partial charge in [-0.2, -0.15) is 0 Å². The van der Waals surface area contributed by atoms with Gasteiger partial charge in [0.15, 0.2) is 0 Å². The van der Waals surface area contributed by atoms with Crippen molar-refractivity contribution >= 4 is 17.3 Å². The largest absolute Gasteiger partial charge is 0.491 e. The Labute approximate surface area is 189 Å². The summed E-state index contributed by atoms with van der Waals surface area (Å²) >= 11 is 0. The van der Waals surface area contributed by atoms with Crippen LogP contribution in [0.25, 0.3) is 0 Å². The lowest BCUT2D eigenvalue weighted by atomic mass is 10.2. The van der Waals surface area contributed by atoms with E-state index in [2.05, 4.69) is 17.6 Å². The van der Waals surface area contributed by atoms with E-state index in [0.29, 0.717) is 24.7 Å². The first-order chi connectivity index (χ1) is 15.6. The summed E-state index contributed by atoms with van der Waals surface area (Å²) < 4.78 is 17.3. The van der Waals surface area contributed by atoms with Crippen molar-refractivity contribution in [3.8, 4) is 17.2 Å². The molecular weight excluding hydrogens is 404 g/mol. The number of para-hydroxylation sites is 3. The van der Waals surface area contributed by atoms with E-state index in [1.807, 2.05) is 85.8 Å². The molecule has 0 bridgehead atoms. The molecule has 0 spiro atoms. The van der Waals surface area contributed by atoms with E-state index in [-0.39, 0.29) is 18.6 Å². The van der Waals surface area contributed by atoms with Gasteiger partial charge in [0.2, 0.25) is 5.91 Å². The van der Waals surface area contributed by atoms with Crippen LogP contribution in [0.4, 0.5) is 11.4 Å². The quantitative estimate of drug-likeness (QED) is 0.375. The van der Waals surface area contributed by atoms with Gasteiger partial charge in [-0.1, -0.05) is 43.3 Å². The van der Waals surface area contributed by atoms with Gasteiger partial charge < -0.3 is 24.8 Å². The standard InChI is InChI=1S/C26H30N2O4/c1-3-20(2)32-23-13-9-10-21(18-23)27-19-26(29)28-24-14-7-8-15-25(24)31-17-16-30-22-11-5-4-6-12-22/h4-15,18,20,27H,3,16-17,19H2,1-2H3,(H,28,29). The molecule has 3 aromatic rings. The Morgan fingerprint density at radius 1 is 0.875 bits per heavy atom. The van der Waals surface area contributed by atoms with Crippen LogP contribution in [0.5, 0.6) is 17.2 Å². The Bertz CT molecular complexity index is 978. The van der Waals surface area contributed by atoms with E-state index in [1.54, 1.807) is 0 Å². The molecule has 168 valence electrons. The SMILES string of the molecule is CCC(C)Oc1cccc(NCC(=O)Nc2ccccc2OCCOc2ccccc2)c1. The molecule has 3 aromatic carbocycles. The Balaban J connectivity index is 1.47. The normalized spacial score (nSPS) is 11.3. The van der Waals surface area contributed by atoms with Crippen LogP contribution in [-0.2, 0) is 4.79 Å². The van der Waals surface area contributed by atoms with Crippen LogP contribution in [-0.4, -0.2) is 31.8 Å². The van der Waals surface area contributed by atoms with Crippen molar-refractivity contribution < 1.29 is 19.0 Å². The molecule has 0 aliphatic rings. The highest BCUT2D eigenvalue weighted by molar-refractivity contribution is 5.95. The smallest absolute Gasteiger partial charge is 0.243 e. The van der Waals surface area contributed by atoms with Gasteiger partial charge in [-0.3, -0.25) is 4.79 Å². The summed E-state index contributed by atoms with van der Waals surface area (Å²) in [6, 6.07) is 24.5. The van der Waals surface area contributed by atoms with Crippen molar-refractivity contribution in [3.63, 3.8) is 0 Å². The average Bonchev–Trinajstić information content (AvgIpc) is 2.82. The van der Waals surface area contributed by atoms with Crippen molar-refractivity contribution in [2.45, 2.75) is 26.4 Å². The summed E-state index contributed by atoms with van der Waals surface area (Å²) in [5.74, 6) is 2.00. The second-order valence-electron chi connectivity index (χ2n) is 7.27. The van der Waals surface area contributed by atoms with Crippen molar-refractivity contribution in [3.05, 3.63) is 78.9 Å². The number of ether oxygens (including phenoxy) is 3. The number of nitrogens with one attached hydrogen (secondary N) is 2. The van der Waals surface area contributed by atoms with E-state index in [4.69, 9.17) is 14.2 Å². The molecule has 1 amide bonds. The Morgan fingerprint density at radius 3 is 2.41 bits per heavy atom. The van der Waals surface area contributed by atoms with E-state index in [9.17, 15) is 4.79 Å². The number of carbonyl (C=O) groups is 1.